The number of aromatic nitrogens is 3. The number of hydrogen-bond acceptors (Lipinski definition) is 5. The van der Waals surface area contributed by atoms with Gasteiger partial charge in [-0.2, -0.15) is 0 Å². The van der Waals surface area contributed by atoms with E-state index in [2.05, 4.69) is 20.9 Å². The minimum absolute atomic E-state index is 0.217. The number of carbonyl (C=O) groups is 1. The normalized spacial score (nSPS) is 20.2. The number of benzene rings is 1. The SMILES string of the molecule is Nc1nccn2c(C3CC34CCN(C(=O)OCc3ccccc3)CC4)nc(Br)c12. The number of nitrogen functional groups attached to an aromatic ring is 1. The summed E-state index contributed by atoms with van der Waals surface area (Å²) < 4.78 is 8.27. The molecule has 29 heavy (non-hydrogen) atoms. The molecule has 1 amide bonds. The molecule has 2 aromatic heterocycles. The van der Waals surface area contributed by atoms with Gasteiger partial charge in [-0.3, -0.25) is 4.40 Å². The Morgan fingerprint density at radius 3 is 2.79 bits per heavy atom. The number of amides is 1. The number of ether oxygens (including phenoxy) is 1. The second-order valence-corrected chi connectivity index (χ2v) is 8.69. The van der Waals surface area contributed by atoms with Crippen molar-refractivity contribution in [1.29, 1.82) is 0 Å². The molecule has 1 unspecified atom stereocenters. The summed E-state index contributed by atoms with van der Waals surface area (Å²) in [5.41, 5.74) is 8.07. The van der Waals surface area contributed by atoms with Crippen LogP contribution in [0.3, 0.4) is 0 Å². The van der Waals surface area contributed by atoms with Gasteiger partial charge in [-0.1, -0.05) is 30.3 Å². The first-order chi connectivity index (χ1) is 14.1. The van der Waals surface area contributed by atoms with Crippen LogP contribution in [0.15, 0.2) is 47.3 Å². The van der Waals surface area contributed by atoms with Crippen LogP contribution < -0.4 is 5.73 Å². The number of carbonyl (C=O) groups excluding carboxylic acids is 1. The lowest BCUT2D eigenvalue weighted by atomic mass is 9.91. The molecule has 2 fully saturated rings. The third-order valence-electron chi connectivity index (χ3n) is 6.29. The highest BCUT2D eigenvalue weighted by Gasteiger charge is 2.57. The number of hydrogen-bond donors (Lipinski definition) is 1. The van der Waals surface area contributed by atoms with E-state index >= 15 is 0 Å². The third-order valence-corrected chi connectivity index (χ3v) is 6.84. The number of nitrogens with two attached hydrogens (primary N) is 1. The van der Waals surface area contributed by atoms with Crippen LogP contribution >= 0.6 is 15.9 Å². The molecule has 7 nitrogen and oxygen atoms in total. The van der Waals surface area contributed by atoms with E-state index in [0.29, 0.717) is 18.3 Å². The third kappa shape index (κ3) is 3.25. The van der Waals surface area contributed by atoms with Crippen molar-refractivity contribution in [3.8, 4) is 0 Å². The second kappa shape index (κ2) is 7.02. The summed E-state index contributed by atoms with van der Waals surface area (Å²) in [5.74, 6) is 1.88. The smallest absolute Gasteiger partial charge is 0.410 e. The molecule has 8 heteroatoms. The Bertz CT molecular complexity index is 1060. The van der Waals surface area contributed by atoms with Gasteiger partial charge in [0.15, 0.2) is 5.82 Å². The Balaban J connectivity index is 1.23. The van der Waals surface area contributed by atoms with Crippen LogP contribution in [-0.4, -0.2) is 38.5 Å². The minimum Gasteiger partial charge on any atom is -0.445 e. The zero-order valence-electron chi connectivity index (χ0n) is 15.9. The molecule has 3 aromatic rings. The lowest BCUT2D eigenvalue weighted by molar-refractivity contribution is 0.0790. The molecule has 1 atom stereocenters. The number of halogens is 1. The van der Waals surface area contributed by atoms with Gasteiger partial charge in [0.2, 0.25) is 0 Å². The monoisotopic (exact) mass is 455 g/mol. The molecule has 1 spiro atoms. The van der Waals surface area contributed by atoms with Crippen molar-refractivity contribution in [1.82, 2.24) is 19.3 Å². The van der Waals surface area contributed by atoms with E-state index in [1.165, 1.54) is 0 Å². The molecule has 1 aliphatic heterocycles. The standard InChI is InChI=1S/C21H22BrN5O2/c22-17-16-18(23)24-8-11-27(16)19(25-17)15-12-21(15)6-9-26(10-7-21)20(28)29-13-14-4-2-1-3-5-14/h1-5,8,11,15H,6-7,9-10,12-13H2,(H2,23,24). The maximum atomic E-state index is 12.4. The molecule has 0 radical (unpaired) electrons. The van der Waals surface area contributed by atoms with Crippen molar-refractivity contribution in [3.63, 3.8) is 0 Å². The highest BCUT2D eigenvalue weighted by Crippen LogP contribution is 2.64. The summed E-state index contributed by atoms with van der Waals surface area (Å²) in [6, 6.07) is 9.77. The van der Waals surface area contributed by atoms with Crippen molar-refractivity contribution < 1.29 is 9.53 Å². The van der Waals surface area contributed by atoms with Crippen molar-refractivity contribution in [3.05, 3.63) is 58.7 Å². The number of rotatable bonds is 3. The van der Waals surface area contributed by atoms with Gasteiger partial charge in [0.1, 0.15) is 22.6 Å². The number of nitrogens with zero attached hydrogens (tertiary/aromatic N) is 4. The Labute approximate surface area is 177 Å². The highest BCUT2D eigenvalue weighted by molar-refractivity contribution is 9.10. The largest absolute Gasteiger partial charge is 0.445 e. The molecule has 2 N–H and O–H groups in total. The number of anilines is 1. The van der Waals surface area contributed by atoms with Gasteiger partial charge in [-0.15, -0.1) is 0 Å². The lowest BCUT2D eigenvalue weighted by Gasteiger charge is -2.32. The van der Waals surface area contributed by atoms with E-state index in [1.54, 1.807) is 6.20 Å². The zero-order valence-corrected chi connectivity index (χ0v) is 17.5. The van der Waals surface area contributed by atoms with Crippen molar-refractivity contribution in [2.45, 2.75) is 31.8 Å². The van der Waals surface area contributed by atoms with Crippen LogP contribution in [0.5, 0.6) is 0 Å². The first kappa shape index (κ1) is 18.4. The number of fused-ring (bicyclic) bond motifs is 1. The average Bonchev–Trinajstić information content (AvgIpc) is 3.32. The topological polar surface area (TPSA) is 85.8 Å². The van der Waals surface area contributed by atoms with Gasteiger partial charge >= 0.3 is 6.09 Å². The molecule has 5 rings (SSSR count). The van der Waals surface area contributed by atoms with Crippen LogP contribution in [0.25, 0.3) is 5.52 Å². The highest BCUT2D eigenvalue weighted by atomic mass is 79.9. The summed E-state index contributed by atoms with van der Waals surface area (Å²) in [6.07, 6.45) is 6.42. The second-order valence-electron chi connectivity index (χ2n) is 7.94. The minimum atomic E-state index is -0.228. The number of imidazole rings is 1. The van der Waals surface area contributed by atoms with Gasteiger partial charge in [0.25, 0.3) is 0 Å². The van der Waals surface area contributed by atoms with Crippen molar-refractivity contribution in [2.24, 2.45) is 5.41 Å². The van der Waals surface area contributed by atoms with Gasteiger partial charge in [0, 0.05) is 31.4 Å². The Kier molecular flexibility index (Phi) is 4.46. The van der Waals surface area contributed by atoms with Crippen molar-refractivity contribution in [2.75, 3.05) is 18.8 Å². The molecule has 1 aromatic carbocycles. The molecular formula is C21H22BrN5O2. The molecule has 1 saturated heterocycles. The van der Waals surface area contributed by atoms with Crippen LogP contribution in [-0.2, 0) is 11.3 Å². The fourth-order valence-corrected chi connectivity index (χ4v) is 5.07. The predicted molar refractivity (Wildman–Crippen MR) is 112 cm³/mol. The summed E-state index contributed by atoms with van der Waals surface area (Å²) in [5, 5.41) is 0. The maximum Gasteiger partial charge on any atom is 0.410 e. The summed E-state index contributed by atoms with van der Waals surface area (Å²) in [4.78, 5) is 23.2. The summed E-state index contributed by atoms with van der Waals surface area (Å²) >= 11 is 3.52. The van der Waals surface area contributed by atoms with E-state index in [0.717, 1.165) is 53.9 Å². The number of likely N-dealkylation sites (tertiary alicyclic amines) is 1. The van der Waals surface area contributed by atoms with Crippen LogP contribution in [0, 0.1) is 5.41 Å². The molecule has 3 heterocycles. The molecule has 1 aliphatic carbocycles. The van der Waals surface area contributed by atoms with Gasteiger partial charge in [-0.05, 0) is 46.2 Å². The average molecular weight is 456 g/mol. The fraction of sp³-hybridized carbons (Fsp3) is 0.381. The predicted octanol–water partition coefficient (Wildman–Crippen LogP) is 3.98. The first-order valence-electron chi connectivity index (χ1n) is 9.81. The molecule has 0 bridgehead atoms. The van der Waals surface area contributed by atoms with Gasteiger partial charge in [0.05, 0.1) is 0 Å². The Hall–Kier alpha value is -2.61. The van der Waals surface area contributed by atoms with E-state index < -0.39 is 0 Å². The fourth-order valence-electron chi connectivity index (χ4n) is 4.50. The first-order valence-corrected chi connectivity index (χ1v) is 10.6. The van der Waals surface area contributed by atoms with Crippen molar-refractivity contribution >= 4 is 33.4 Å². The van der Waals surface area contributed by atoms with E-state index in [1.807, 2.05) is 45.8 Å². The molecule has 1 saturated carbocycles. The number of piperidine rings is 1. The quantitative estimate of drug-likeness (QED) is 0.645. The van der Waals surface area contributed by atoms with Crippen LogP contribution in [0.2, 0.25) is 0 Å². The van der Waals surface area contributed by atoms with Crippen LogP contribution in [0.1, 0.15) is 36.6 Å². The van der Waals surface area contributed by atoms with E-state index in [4.69, 9.17) is 15.5 Å². The zero-order chi connectivity index (χ0) is 20.0. The lowest BCUT2D eigenvalue weighted by Crippen LogP contribution is -2.39. The van der Waals surface area contributed by atoms with Gasteiger partial charge < -0.3 is 15.4 Å². The summed E-state index contributed by atoms with van der Waals surface area (Å²) in [7, 11) is 0. The molecular weight excluding hydrogens is 434 g/mol. The van der Waals surface area contributed by atoms with E-state index in [-0.39, 0.29) is 11.5 Å². The maximum absolute atomic E-state index is 12.4. The Morgan fingerprint density at radius 2 is 2.03 bits per heavy atom. The van der Waals surface area contributed by atoms with Gasteiger partial charge in [-0.25, -0.2) is 14.8 Å². The molecule has 150 valence electrons. The van der Waals surface area contributed by atoms with Crippen LogP contribution in [0.4, 0.5) is 10.6 Å². The Morgan fingerprint density at radius 1 is 1.28 bits per heavy atom. The van der Waals surface area contributed by atoms with E-state index in [9.17, 15) is 4.79 Å². The molecule has 2 aliphatic rings. The summed E-state index contributed by atoms with van der Waals surface area (Å²) in [6.45, 7) is 1.75.